The molecule has 350 valence electrons. The molecule has 0 amide bonds. The standard InChI is InChI=1S/C51H61FO13/c1-8-9-10-12-35-14-16-36(17-15-35)37-18-20-38(21-19-37)39-22-24-42(43(52)28-39)40-23-25-44(41(27-40)13-11-26-61-45(53)33(2)3)62-29-51(30-63-46(54)34(4)5,31-64-49(57)47(55)59-6)32-65-50(58)48(56)60-7/h18-25,27-28,35-36H,2,4,8-17,26,29-32H2,1,3,5-7H3. The van der Waals surface area contributed by atoms with Crippen LogP contribution < -0.4 is 4.74 Å². The highest BCUT2D eigenvalue weighted by Crippen LogP contribution is 2.39. The van der Waals surface area contributed by atoms with E-state index in [0.29, 0.717) is 29.0 Å². The van der Waals surface area contributed by atoms with Crippen LogP contribution in [0.2, 0.25) is 0 Å². The molecule has 0 saturated heterocycles. The molecule has 0 atom stereocenters. The van der Waals surface area contributed by atoms with Gasteiger partial charge in [0.15, 0.2) is 0 Å². The highest BCUT2D eigenvalue weighted by molar-refractivity contribution is 6.30. The van der Waals surface area contributed by atoms with Crippen LogP contribution in [0.15, 0.2) is 85.0 Å². The van der Waals surface area contributed by atoms with Gasteiger partial charge in [-0.3, -0.25) is 0 Å². The maximum absolute atomic E-state index is 16.1. The summed E-state index contributed by atoms with van der Waals surface area (Å²) in [6, 6.07) is 18.4. The predicted octanol–water partition coefficient (Wildman–Crippen LogP) is 8.98. The zero-order valence-electron chi connectivity index (χ0n) is 38.1. The van der Waals surface area contributed by atoms with Crippen molar-refractivity contribution in [2.24, 2.45) is 11.3 Å². The lowest BCUT2D eigenvalue weighted by Gasteiger charge is -2.32. The molecule has 4 rings (SSSR count). The summed E-state index contributed by atoms with van der Waals surface area (Å²) in [5.41, 5.74) is 2.80. The number of hydrogen-bond acceptors (Lipinski definition) is 13. The zero-order valence-corrected chi connectivity index (χ0v) is 38.1. The van der Waals surface area contributed by atoms with Crippen LogP contribution in [0.25, 0.3) is 22.3 Å². The van der Waals surface area contributed by atoms with E-state index in [0.717, 1.165) is 31.3 Å². The number of carbonyl (C=O) groups is 6. The number of aryl methyl sites for hydroxylation is 1. The first-order chi connectivity index (χ1) is 31.1. The number of halogens is 1. The summed E-state index contributed by atoms with van der Waals surface area (Å²) in [6.45, 7) is 9.76. The molecule has 0 N–H and O–H groups in total. The quantitative estimate of drug-likeness (QED) is 0.0309. The number of benzene rings is 3. The molecule has 1 saturated carbocycles. The average Bonchev–Trinajstić information content (AvgIpc) is 3.31. The normalized spacial score (nSPS) is 14.6. The number of rotatable bonds is 22. The largest absolute Gasteiger partial charge is 0.492 e. The van der Waals surface area contributed by atoms with Crippen molar-refractivity contribution >= 4 is 35.8 Å². The van der Waals surface area contributed by atoms with Crippen LogP contribution in [0.3, 0.4) is 0 Å². The fraction of sp³-hybridized carbons (Fsp3) is 0.451. The summed E-state index contributed by atoms with van der Waals surface area (Å²) in [5, 5.41) is 0. The minimum Gasteiger partial charge on any atom is -0.492 e. The minimum atomic E-state index is -1.74. The molecule has 0 radical (unpaired) electrons. The molecule has 0 aromatic heterocycles. The SMILES string of the molecule is C=C(C)C(=O)OCCCc1cc(-c2ccc(-c3ccc(C4CCC(CCCCC)CC4)cc3)cc2F)ccc1OCC(COC(=O)C(=C)C)(COC(=O)C(=O)OC)COC(=O)C(=O)OC. The molecule has 13 nitrogen and oxygen atoms in total. The molecule has 14 heteroatoms. The van der Waals surface area contributed by atoms with Crippen molar-refractivity contribution in [3.63, 3.8) is 0 Å². The smallest absolute Gasteiger partial charge is 0.417 e. The van der Waals surface area contributed by atoms with Gasteiger partial charge in [0.2, 0.25) is 0 Å². The van der Waals surface area contributed by atoms with Crippen LogP contribution in [0.1, 0.15) is 95.6 Å². The first-order valence-electron chi connectivity index (χ1n) is 21.9. The highest BCUT2D eigenvalue weighted by Gasteiger charge is 2.39. The third-order valence-corrected chi connectivity index (χ3v) is 11.4. The van der Waals surface area contributed by atoms with Crippen LogP contribution in [0.4, 0.5) is 4.39 Å². The Balaban J connectivity index is 1.62. The Morgan fingerprint density at radius 3 is 1.74 bits per heavy atom. The van der Waals surface area contributed by atoms with Crippen molar-refractivity contribution in [2.75, 3.05) is 47.3 Å². The lowest BCUT2D eigenvalue weighted by atomic mass is 9.77. The van der Waals surface area contributed by atoms with E-state index in [1.165, 1.54) is 76.8 Å². The van der Waals surface area contributed by atoms with Gasteiger partial charge in [0.05, 0.1) is 20.8 Å². The van der Waals surface area contributed by atoms with Gasteiger partial charge in [0, 0.05) is 16.7 Å². The Morgan fingerprint density at radius 1 is 0.631 bits per heavy atom. The molecule has 1 fully saturated rings. The van der Waals surface area contributed by atoms with Crippen LogP contribution >= 0.6 is 0 Å². The number of ether oxygens (including phenoxy) is 7. The van der Waals surface area contributed by atoms with Gasteiger partial charge >= 0.3 is 35.8 Å². The summed E-state index contributed by atoms with van der Waals surface area (Å²) in [7, 11) is 1.94. The second-order valence-electron chi connectivity index (χ2n) is 16.7. The monoisotopic (exact) mass is 900 g/mol. The first kappa shape index (κ1) is 51.3. The van der Waals surface area contributed by atoms with Gasteiger partial charge < -0.3 is 33.2 Å². The van der Waals surface area contributed by atoms with Gasteiger partial charge in [-0.15, -0.1) is 0 Å². The number of esters is 6. The number of unbranched alkanes of at least 4 members (excludes halogenated alkanes) is 2. The zero-order chi connectivity index (χ0) is 47.5. The van der Waals surface area contributed by atoms with Crippen molar-refractivity contribution in [2.45, 2.75) is 90.9 Å². The molecule has 3 aromatic rings. The maximum atomic E-state index is 16.1. The molecule has 1 aliphatic rings. The second kappa shape index (κ2) is 25.2. The van der Waals surface area contributed by atoms with Gasteiger partial charge in [-0.05, 0) is 110 Å². The summed E-state index contributed by atoms with van der Waals surface area (Å²) < 4.78 is 52.4. The van der Waals surface area contributed by atoms with E-state index < -0.39 is 73.5 Å². The third kappa shape index (κ3) is 15.4. The summed E-state index contributed by atoms with van der Waals surface area (Å²) >= 11 is 0. The van der Waals surface area contributed by atoms with E-state index in [9.17, 15) is 28.8 Å². The average molecular weight is 901 g/mol. The number of methoxy groups -OCH3 is 2. The molecule has 3 aromatic carbocycles. The number of carbonyl (C=O) groups excluding carboxylic acids is 6. The first-order valence-corrected chi connectivity index (χ1v) is 21.9. The lowest BCUT2D eigenvalue weighted by Crippen LogP contribution is -2.45. The van der Waals surface area contributed by atoms with E-state index in [-0.39, 0.29) is 29.9 Å². The van der Waals surface area contributed by atoms with E-state index in [1.807, 2.05) is 18.2 Å². The third-order valence-electron chi connectivity index (χ3n) is 11.4. The van der Waals surface area contributed by atoms with Gasteiger partial charge in [0.25, 0.3) is 0 Å². The van der Waals surface area contributed by atoms with Gasteiger partial charge in [0.1, 0.15) is 43.4 Å². The maximum Gasteiger partial charge on any atom is 0.417 e. The topological polar surface area (TPSA) is 167 Å². The molecular weight excluding hydrogens is 840 g/mol. The van der Waals surface area contributed by atoms with Crippen molar-refractivity contribution in [1.82, 2.24) is 0 Å². The molecule has 1 aliphatic carbocycles. The van der Waals surface area contributed by atoms with Gasteiger partial charge in [-0.2, -0.15) is 0 Å². The van der Waals surface area contributed by atoms with Crippen LogP contribution in [-0.4, -0.2) is 83.1 Å². The van der Waals surface area contributed by atoms with Crippen LogP contribution in [0, 0.1) is 17.2 Å². The fourth-order valence-corrected chi connectivity index (χ4v) is 7.52. The Kier molecular flexibility index (Phi) is 19.9. The van der Waals surface area contributed by atoms with E-state index >= 15 is 4.39 Å². The van der Waals surface area contributed by atoms with Crippen molar-refractivity contribution in [1.29, 1.82) is 0 Å². The van der Waals surface area contributed by atoms with Gasteiger partial charge in [-0.1, -0.05) is 88.2 Å². The Bertz CT molecular complexity index is 2140. The fourth-order valence-electron chi connectivity index (χ4n) is 7.52. The Morgan fingerprint density at radius 2 is 1.18 bits per heavy atom. The van der Waals surface area contributed by atoms with E-state index in [4.69, 9.17) is 23.7 Å². The molecule has 0 unspecified atom stereocenters. The van der Waals surface area contributed by atoms with Gasteiger partial charge in [-0.25, -0.2) is 33.2 Å². The molecule has 0 bridgehead atoms. The van der Waals surface area contributed by atoms with Crippen molar-refractivity contribution in [3.8, 4) is 28.0 Å². The van der Waals surface area contributed by atoms with Crippen LogP contribution in [0.5, 0.6) is 5.75 Å². The highest BCUT2D eigenvalue weighted by atomic mass is 19.1. The molecule has 0 spiro atoms. The summed E-state index contributed by atoms with van der Waals surface area (Å²) in [4.78, 5) is 73.4. The van der Waals surface area contributed by atoms with E-state index in [2.05, 4.69) is 41.7 Å². The molecule has 65 heavy (non-hydrogen) atoms. The summed E-state index contributed by atoms with van der Waals surface area (Å²) in [6.07, 6.45) is 10.7. The second-order valence-corrected chi connectivity index (χ2v) is 16.7. The number of hydrogen-bond donors (Lipinski definition) is 0. The molecule has 0 aliphatic heterocycles. The molecular formula is C51H61FO13. The predicted molar refractivity (Wildman–Crippen MR) is 240 cm³/mol. The lowest BCUT2D eigenvalue weighted by molar-refractivity contribution is -0.177. The van der Waals surface area contributed by atoms with Crippen molar-refractivity contribution < 1.29 is 66.3 Å². The van der Waals surface area contributed by atoms with Crippen LogP contribution in [-0.2, 0) is 63.6 Å². The minimum absolute atomic E-state index is 0.0157. The van der Waals surface area contributed by atoms with Crippen molar-refractivity contribution in [3.05, 3.63) is 102 Å². The summed E-state index contributed by atoms with van der Waals surface area (Å²) in [5.74, 6) is -5.77. The Hall–Kier alpha value is -6.31. The van der Waals surface area contributed by atoms with E-state index in [1.54, 1.807) is 24.3 Å². The molecule has 0 heterocycles. The Labute approximate surface area is 380 Å².